The van der Waals surface area contributed by atoms with Gasteiger partial charge in [-0.1, -0.05) is 39.8 Å². The van der Waals surface area contributed by atoms with E-state index in [1.165, 1.54) is 0 Å². The molecule has 0 amide bonds. The van der Waals surface area contributed by atoms with Crippen LogP contribution in [0.25, 0.3) is 0 Å². The predicted molar refractivity (Wildman–Crippen MR) is 87.5 cm³/mol. The lowest BCUT2D eigenvalue weighted by atomic mass is 9.85. The minimum atomic E-state index is -0.333. The lowest BCUT2D eigenvalue weighted by Gasteiger charge is -2.25. The largest absolute Gasteiger partial charge is 0.393 e. The van der Waals surface area contributed by atoms with Crippen LogP contribution < -0.4 is 0 Å². The average molecular weight is 282 g/mol. The average Bonchev–Trinajstić information content (AvgIpc) is 2.32. The first-order valence-electron chi connectivity index (χ1n) is 7.93. The van der Waals surface area contributed by atoms with Crippen molar-refractivity contribution in [2.75, 3.05) is 0 Å². The Morgan fingerprint density at radius 3 is 1.25 bits per heavy atom. The quantitative estimate of drug-likeness (QED) is 0.558. The van der Waals surface area contributed by atoms with Crippen molar-refractivity contribution >= 4 is 0 Å². The lowest BCUT2D eigenvalue weighted by Crippen LogP contribution is -2.24. The molecule has 0 aliphatic heterocycles. The molecule has 0 aliphatic rings. The number of hydrogen-bond donors (Lipinski definition) is 2. The summed E-state index contributed by atoms with van der Waals surface area (Å²) in [7, 11) is 0. The highest BCUT2D eigenvalue weighted by Crippen LogP contribution is 2.25. The molecule has 20 heavy (non-hydrogen) atoms. The highest BCUT2D eigenvalue weighted by atomic mass is 16.3. The monoisotopic (exact) mass is 282 g/mol. The normalized spacial score (nSPS) is 17.8. The molecule has 0 bridgehead atoms. The predicted octanol–water partition coefficient (Wildman–Crippen LogP) is 4.19. The summed E-state index contributed by atoms with van der Waals surface area (Å²) in [6.45, 7) is 16.1. The van der Waals surface area contributed by atoms with Gasteiger partial charge >= 0.3 is 0 Å². The zero-order valence-corrected chi connectivity index (χ0v) is 13.8. The summed E-state index contributed by atoms with van der Waals surface area (Å²) in [4.78, 5) is 0. The van der Waals surface area contributed by atoms with E-state index in [4.69, 9.17) is 0 Å². The second-order valence-electron chi connectivity index (χ2n) is 6.77. The first kappa shape index (κ1) is 19.4. The molecule has 4 atom stereocenters. The van der Waals surface area contributed by atoms with Crippen molar-refractivity contribution in [3.05, 3.63) is 25.3 Å². The SMILES string of the molecule is C=C[C@H](CC[C@H](C=C)[C@H](O)CC(C)C)[C@@H](O)CC(C)C. The zero-order chi connectivity index (χ0) is 15.7. The van der Waals surface area contributed by atoms with Crippen LogP contribution in [0.4, 0.5) is 0 Å². The molecule has 0 aromatic heterocycles. The highest BCUT2D eigenvalue weighted by Gasteiger charge is 2.22. The van der Waals surface area contributed by atoms with Gasteiger partial charge in [0.25, 0.3) is 0 Å². The Morgan fingerprint density at radius 1 is 0.750 bits per heavy atom. The third kappa shape index (κ3) is 7.86. The van der Waals surface area contributed by atoms with Gasteiger partial charge in [-0.3, -0.25) is 0 Å². The van der Waals surface area contributed by atoms with E-state index >= 15 is 0 Å². The van der Waals surface area contributed by atoms with Gasteiger partial charge in [0, 0.05) is 11.8 Å². The topological polar surface area (TPSA) is 40.5 Å². The van der Waals surface area contributed by atoms with Gasteiger partial charge in [-0.05, 0) is 37.5 Å². The van der Waals surface area contributed by atoms with Gasteiger partial charge in [-0.25, -0.2) is 0 Å². The van der Waals surface area contributed by atoms with Crippen LogP contribution in [0.2, 0.25) is 0 Å². The van der Waals surface area contributed by atoms with Crippen molar-refractivity contribution in [3.8, 4) is 0 Å². The van der Waals surface area contributed by atoms with Crippen LogP contribution in [0.3, 0.4) is 0 Å². The maximum atomic E-state index is 10.2. The molecule has 0 saturated carbocycles. The highest BCUT2D eigenvalue weighted by molar-refractivity contribution is 4.90. The van der Waals surface area contributed by atoms with Gasteiger partial charge in [-0.2, -0.15) is 0 Å². The molecule has 2 heteroatoms. The molecule has 0 aromatic carbocycles. The van der Waals surface area contributed by atoms with E-state index < -0.39 is 0 Å². The summed E-state index contributed by atoms with van der Waals surface area (Å²) >= 11 is 0. The molecule has 118 valence electrons. The molecule has 2 N–H and O–H groups in total. The van der Waals surface area contributed by atoms with Gasteiger partial charge in [0.2, 0.25) is 0 Å². The summed E-state index contributed by atoms with van der Waals surface area (Å²) in [5.74, 6) is 1.17. The number of aliphatic hydroxyl groups excluding tert-OH is 2. The van der Waals surface area contributed by atoms with Crippen molar-refractivity contribution in [1.29, 1.82) is 0 Å². The number of hydrogen-bond acceptors (Lipinski definition) is 2. The fraction of sp³-hybridized carbons (Fsp3) is 0.778. The van der Waals surface area contributed by atoms with Crippen molar-refractivity contribution in [2.45, 2.75) is 65.6 Å². The van der Waals surface area contributed by atoms with Crippen molar-refractivity contribution in [3.63, 3.8) is 0 Å². The van der Waals surface area contributed by atoms with Crippen LogP contribution in [0, 0.1) is 23.7 Å². The molecule has 2 nitrogen and oxygen atoms in total. The van der Waals surface area contributed by atoms with Crippen LogP contribution in [0.5, 0.6) is 0 Å². The fourth-order valence-corrected chi connectivity index (χ4v) is 2.64. The Morgan fingerprint density at radius 2 is 1.05 bits per heavy atom. The maximum Gasteiger partial charge on any atom is 0.0605 e. The van der Waals surface area contributed by atoms with E-state index in [-0.39, 0.29) is 24.0 Å². The molecule has 0 aliphatic carbocycles. The van der Waals surface area contributed by atoms with Crippen LogP contribution >= 0.6 is 0 Å². The summed E-state index contributed by atoms with van der Waals surface area (Å²) in [6, 6.07) is 0. The van der Waals surface area contributed by atoms with Crippen LogP contribution in [-0.2, 0) is 0 Å². The second-order valence-corrected chi connectivity index (χ2v) is 6.77. The summed E-state index contributed by atoms with van der Waals surface area (Å²) < 4.78 is 0. The smallest absolute Gasteiger partial charge is 0.0605 e. The van der Waals surface area contributed by atoms with Crippen LogP contribution in [-0.4, -0.2) is 22.4 Å². The van der Waals surface area contributed by atoms with Gasteiger partial charge in [-0.15, -0.1) is 13.2 Å². The number of aliphatic hydroxyl groups is 2. The molecular formula is C18H34O2. The third-order valence-corrected chi connectivity index (χ3v) is 3.85. The fourth-order valence-electron chi connectivity index (χ4n) is 2.64. The van der Waals surface area contributed by atoms with Crippen molar-refractivity contribution in [2.24, 2.45) is 23.7 Å². The first-order valence-corrected chi connectivity index (χ1v) is 7.93. The molecule has 0 rings (SSSR count). The van der Waals surface area contributed by atoms with Gasteiger partial charge < -0.3 is 10.2 Å². The van der Waals surface area contributed by atoms with E-state index in [1.807, 2.05) is 12.2 Å². The van der Waals surface area contributed by atoms with E-state index in [2.05, 4.69) is 40.9 Å². The Balaban J connectivity index is 4.37. The molecular weight excluding hydrogens is 248 g/mol. The third-order valence-electron chi connectivity index (χ3n) is 3.85. The van der Waals surface area contributed by atoms with Crippen molar-refractivity contribution in [1.82, 2.24) is 0 Å². The van der Waals surface area contributed by atoms with E-state index in [0.29, 0.717) is 11.8 Å². The molecule has 0 fully saturated rings. The van der Waals surface area contributed by atoms with Crippen LogP contribution in [0.1, 0.15) is 53.4 Å². The van der Waals surface area contributed by atoms with E-state index in [1.54, 1.807) is 0 Å². The van der Waals surface area contributed by atoms with E-state index in [9.17, 15) is 10.2 Å². The molecule has 0 heterocycles. The van der Waals surface area contributed by atoms with Crippen LogP contribution in [0.15, 0.2) is 25.3 Å². The Hall–Kier alpha value is -0.600. The lowest BCUT2D eigenvalue weighted by molar-refractivity contribution is 0.0803. The van der Waals surface area contributed by atoms with E-state index in [0.717, 1.165) is 25.7 Å². The Labute approximate surface area is 125 Å². The molecule has 0 unspecified atom stereocenters. The standard InChI is InChI=1S/C18H34O2/c1-7-15(17(19)11-13(3)4)9-10-16(8-2)18(20)12-14(5)6/h7-8,13-20H,1-2,9-12H2,3-6H3/t15-,16+,17+,18-. The first-order chi connectivity index (χ1) is 9.31. The maximum absolute atomic E-state index is 10.2. The van der Waals surface area contributed by atoms with Gasteiger partial charge in [0.15, 0.2) is 0 Å². The summed E-state index contributed by atoms with van der Waals surface area (Å²) in [6.07, 6.45) is 6.32. The molecule has 0 saturated heterocycles. The second kappa shape index (κ2) is 10.2. The van der Waals surface area contributed by atoms with Gasteiger partial charge in [0.1, 0.15) is 0 Å². The number of rotatable bonds is 11. The molecule has 0 spiro atoms. The van der Waals surface area contributed by atoms with Gasteiger partial charge in [0.05, 0.1) is 12.2 Å². The minimum Gasteiger partial charge on any atom is -0.393 e. The minimum absolute atomic E-state index is 0.103. The summed E-state index contributed by atoms with van der Waals surface area (Å²) in [5.41, 5.74) is 0. The summed E-state index contributed by atoms with van der Waals surface area (Å²) in [5, 5.41) is 20.4. The van der Waals surface area contributed by atoms with Crippen molar-refractivity contribution < 1.29 is 10.2 Å². The Bertz CT molecular complexity index is 243. The molecule has 0 radical (unpaired) electrons. The Kier molecular flexibility index (Phi) is 9.87. The zero-order valence-electron chi connectivity index (χ0n) is 13.8. The molecule has 0 aromatic rings.